The molecule has 44 heavy (non-hydrogen) atoms. The van der Waals surface area contributed by atoms with Gasteiger partial charge in [0.2, 0.25) is 5.91 Å². The Kier molecular flexibility index (Phi) is 12.4. The highest BCUT2D eigenvalue weighted by Gasteiger charge is 2.35. The van der Waals surface area contributed by atoms with Crippen LogP contribution in [0.1, 0.15) is 84.3 Å². The smallest absolute Gasteiger partial charge is 0.408 e. The molecule has 2 atom stereocenters. The minimum absolute atomic E-state index is 0.0526. The van der Waals surface area contributed by atoms with E-state index in [1.54, 1.807) is 30.6 Å². The van der Waals surface area contributed by atoms with Gasteiger partial charge in [0.05, 0.1) is 12.7 Å². The highest BCUT2D eigenvalue weighted by atomic mass is 16.6. The van der Waals surface area contributed by atoms with Crippen LogP contribution in [0, 0.1) is 30.1 Å². The van der Waals surface area contributed by atoms with E-state index in [0.29, 0.717) is 44.4 Å². The number of carbonyl (C=O) groups excluding carboxylic acids is 3. The number of nitriles is 1. The lowest BCUT2D eigenvalue weighted by molar-refractivity contribution is -0.133. The van der Waals surface area contributed by atoms with Crippen LogP contribution in [0.3, 0.4) is 0 Å². The summed E-state index contributed by atoms with van der Waals surface area (Å²) in [5.41, 5.74) is 6.99. The van der Waals surface area contributed by atoms with Gasteiger partial charge < -0.3 is 30.3 Å². The molecule has 2 heterocycles. The molecule has 2 aliphatic rings. The maximum Gasteiger partial charge on any atom is 0.408 e. The summed E-state index contributed by atoms with van der Waals surface area (Å²) in [7, 11) is 0. The molecule has 3 rings (SSSR count). The molecule has 2 saturated heterocycles. The number of carbonyl (C=O) groups is 3. The number of urea groups is 1. The first kappa shape index (κ1) is 34.7. The minimum Gasteiger partial charge on any atom is -0.494 e. The lowest BCUT2D eigenvalue weighted by Crippen LogP contribution is -2.51. The van der Waals surface area contributed by atoms with Gasteiger partial charge in [-0.2, -0.15) is 10.3 Å². The number of nitrogens with two attached hydrogens (primary N) is 1. The zero-order valence-electron chi connectivity index (χ0n) is 27.2. The second-order valence-electron chi connectivity index (χ2n) is 13.2. The fourth-order valence-corrected chi connectivity index (χ4v) is 5.51. The van der Waals surface area contributed by atoms with Crippen molar-refractivity contribution in [1.82, 2.24) is 15.1 Å². The molecule has 11 heteroatoms. The molecule has 11 nitrogen and oxygen atoms in total. The molecule has 242 valence electrons. The Bertz CT molecular complexity index is 1230. The molecule has 0 bridgehead atoms. The molecule has 4 amide bonds. The highest BCUT2D eigenvalue weighted by molar-refractivity contribution is 5.93. The lowest BCUT2D eigenvalue weighted by Gasteiger charge is -2.30. The van der Waals surface area contributed by atoms with Crippen molar-refractivity contribution in [3.05, 3.63) is 29.3 Å². The van der Waals surface area contributed by atoms with E-state index in [1.807, 2.05) is 39.0 Å². The Labute approximate surface area is 262 Å². The summed E-state index contributed by atoms with van der Waals surface area (Å²) < 4.78 is 11.5. The van der Waals surface area contributed by atoms with Gasteiger partial charge in [-0.3, -0.25) is 4.79 Å². The maximum absolute atomic E-state index is 13.5. The summed E-state index contributed by atoms with van der Waals surface area (Å²) in [6.45, 7) is 13.6. The number of hydrogen-bond acceptors (Lipinski definition) is 6. The summed E-state index contributed by atoms with van der Waals surface area (Å²) in [6.07, 6.45) is 4.82. The van der Waals surface area contributed by atoms with Crippen molar-refractivity contribution >= 4 is 23.9 Å². The van der Waals surface area contributed by atoms with E-state index >= 15 is 0 Å². The molecule has 0 radical (unpaired) electrons. The fourth-order valence-electron chi connectivity index (χ4n) is 5.51. The number of amides is 4. The number of aliphatic imine (C=N–C) groups is 1. The topological polar surface area (TPSA) is 150 Å². The van der Waals surface area contributed by atoms with Crippen molar-refractivity contribution in [2.75, 3.05) is 26.2 Å². The van der Waals surface area contributed by atoms with Crippen molar-refractivity contribution in [1.29, 1.82) is 5.26 Å². The largest absolute Gasteiger partial charge is 0.494 e. The van der Waals surface area contributed by atoms with Gasteiger partial charge in [-0.1, -0.05) is 19.9 Å². The van der Waals surface area contributed by atoms with E-state index in [1.165, 1.54) is 0 Å². The van der Waals surface area contributed by atoms with Crippen LogP contribution in [0.15, 0.2) is 23.2 Å². The van der Waals surface area contributed by atoms with E-state index in [2.05, 4.69) is 16.4 Å². The van der Waals surface area contributed by atoms with Gasteiger partial charge in [-0.05, 0) is 95.4 Å². The van der Waals surface area contributed by atoms with Gasteiger partial charge in [-0.25, -0.2) is 9.59 Å². The number of likely N-dealkylation sites (tertiary alicyclic amines) is 2. The molecule has 1 aromatic carbocycles. The monoisotopic (exact) mass is 610 g/mol. The first-order chi connectivity index (χ1) is 20.8. The van der Waals surface area contributed by atoms with Gasteiger partial charge in [0.1, 0.15) is 29.3 Å². The van der Waals surface area contributed by atoms with Crippen LogP contribution < -0.4 is 15.8 Å². The molecule has 2 aliphatic heterocycles. The molecule has 0 unspecified atom stereocenters. The number of ether oxygens (including phenoxy) is 2. The predicted octanol–water partition coefficient (Wildman–Crippen LogP) is 4.95. The second-order valence-corrected chi connectivity index (χ2v) is 13.2. The molecular formula is C33H50N6O5. The zero-order valence-corrected chi connectivity index (χ0v) is 27.2. The predicted molar refractivity (Wildman–Crippen MR) is 169 cm³/mol. The van der Waals surface area contributed by atoms with E-state index < -0.39 is 23.8 Å². The fraction of sp³-hybridized carbons (Fsp3) is 0.667. The third-order valence-electron chi connectivity index (χ3n) is 8.14. The normalized spacial score (nSPS) is 18.6. The van der Waals surface area contributed by atoms with Gasteiger partial charge in [0.25, 0.3) is 0 Å². The average molecular weight is 611 g/mol. The molecule has 1 aromatic rings. The van der Waals surface area contributed by atoms with E-state index in [9.17, 15) is 19.6 Å². The zero-order chi connectivity index (χ0) is 32.4. The quantitative estimate of drug-likeness (QED) is 0.216. The average Bonchev–Trinajstić information content (AvgIpc) is 3.44. The van der Waals surface area contributed by atoms with Crippen molar-refractivity contribution in [3.63, 3.8) is 0 Å². The van der Waals surface area contributed by atoms with Crippen molar-refractivity contribution in [3.8, 4) is 11.8 Å². The molecule has 0 aliphatic carbocycles. The summed E-state index contributed by atoms with van der Waals surface area (Å²) in [6, 6.07) is 6.39. The maximum atomic E-state index is 13.5. The second kappa shape index (κ2) is 15.8. The molecule has 2 fully saturated rings. The van der Waals surface area contributed by atoms with Crippen molar-refractivity contribution in [2.45, 2.75) is 104 Å². The van der Waals surface area contributed by atoms with Gasteiger partial charge in [0, 0.05) is 32.0 Å². The third-order valence-corrected chi connectivity index (χ3v) is 8.14. The number of alkyl carbamates (subject to hydrolysis) is 1. The van der Waals surface area contributed by atoms with Crippen LogP contribution in [0.5, 0.6) is 5.75 Å². The highest BCUT2D eigenvalue weighted by Crippen LogP contribution is 2.25. The van der Waals surface area contributed by atoms with E-state index in [0.717, 1.165) is 49.0 Å². The molecule has 0 saturated carbocycles. The Hall–Kier alpha value is -3.81. The summed E-state index contributed by atoms with van der Waals surface area (Å²) >= 11 is 0. The third kappa shape index (κ3) is 10.4. The number of piperidine rings is 1. The van der Waals surface area contributed by atoms with Crippen molar-refractivity contribution in [2.24, 2.45) is 22.6 Å². The SMILES string of the molecule is Cc1cc(OCCCC2CCN(C(=O)N=C(N)C(C)C)CC2)ccc1C[C@H](NC(=O)OC(C)(C)C)C(=O)N1CCC[C@H]1C#N. The Morgan fingerprint density at radius 2 is 1.86 bits per heavy atom. The van der Waals surface area contributed by atoms with E-state index in [4.69, 9.17) is 15.2 Å². The minimum atomic E-state index is -0.856. The molecule has 0 spiro atoms. The Morgan fingerprint density at radius 3 is 2.48 bits per heavy atom. The van der Waals surface area contributed by atoms with Gasteiger partial charge in [-0.15, -0.1) is 0 Å². The van der Waals surface area contributed by atoms with Gasteiger partial charge >= 0.3 is 12.1 Å². The Morgan fingerprint density at radius 1 is 1.16 bits per heavy atom. The van der Waals surface area contributed by atoms with Crippen LogP contribution in [0.25, 0.3) is 0 Å². The first-order valence-corrected chi connectivity index (χ1v) is 15.8. The number of amidine groups is 1. The van der Waals surface area contributed by atoms with Crippen LogP contribution >= 0.6 is 0 Å². The standard InChI is InChI=1S/C33H50N6O5/c1-22(2)29(35)37-31(41)38-16-13-24(14-17-38)9-8-18-43-27-12-11-25(23(3)19-27)20-28(36-32(42)44-33(4,5)6)30(40)39-15-7-10-26(39)21-34/h11-12,19,22,24,26,28H,7-10,13-18,20H2,1-6H3,(H,36,42)(H2,35,37,41)/t26-,28-/m0/s1. The van der Waals surface area contributed by atoms with Crippen LogP contribution in [-0.2, 0) is 16.0 Å². The molecule has 0 aromatic heterocycles. The molecule has 3 N–H and O–H groups in total. The van der Waals surface area contributed by atoms with Crippen LogP contribution in [0.2, 0.25) is 0 Å². The number of hydrogen-bond donors (Lipinski definition) is 2. The number of rotatable bonds is 10. The lowest BCUT2D eigenvalue weighted by atomic mass is 9.92. The van der Waals surface area contributed by atoms with Crippen molar-refractivity contribution < 1.29 is 23.9 Å². The van der Waals surface area contributed by atoms with Gasteiger partial charge in [0.15, 0.2) is 0 Å². The number of benzene rings is 1. The summed E-state index contributed by atoms with van der Waals surface area (Å²) in [5.74, 6) is 1.44. The first-order valence-electron chi connectivity index (χ1n) is 15.8. The number of aryl methyl sites for hydroxylation is 1. The number of nitrogens with zero attached hydrogens (tertiary/aromatic N) is 4. The van der Waals surface area contributed by atoms with Crippen LogP contribution in [0.4, 0.5) is 9.59 Å². The summed E-state index contributed by atoms with van der Waals surface area (Å²) in [4.78, 5) is 45.8. The Balaban J connectivity index is 1.51. The number of nitrogens with one attached hydrogen (secondary N) is 1. The van der Waals surface area contributed by atoms with E-state index in [-0.39, 0.29) is 24.3 Å². The van der Waals surface area contributed by atoms with Crippen LogP contribution in [-0.4, -0.2) is 77.6 Å². The molecular weight excluding hydrogens is 560 g/mol. The summed E-state index contributed by atoms with van der Waals surface area (Å²) in [5, 5.41) is 12.3.